The van der Waals surface area contributed by atoms with Gasteiger partial charge in [-0.05, 0) is 44.9 Å². The molecule has 0 spiro atoms. The van der Waals surface area contributed by atoms with E-state index in [1.807, 2.05) is 11.3 Å². The van der Waals surface area contributed by atoms with Crippen molar-refractivity contribution in [1.29, 1.82) is 0 Å². The third kappa shape index (κ3) is 4.50. The van der Waals surface area contributed by atoms with Gasteiger partial charge in [0.2, 0.25) is 0 Å². The summed E-state index contributed by atoms with van der Waals surface area (Å²) in [6, 6.07) is 2.27. The van der Waals surface area contributed by atoms with E-state index in [9.17, 15) is 0 Å². The van der Waals surface area contributed by atoms with Gasteiger partial charge >= 0.3 is 0 Å². The molecule has 0 atom stereocenters. The summed E-state index contributed by atoms with van der Waals surface area (Å²) in [7, 11) is 0. The highest BCUT2D eigenvalue weighted by Gasteiger charge is 2.00. The lowest BCUT2D eigenvalue weighted by atomic mass is 10.1. The first-order valence-electron chi connectivity index (χ1n) is 5.94. The fourth-order valence-electron chi connectivity index (χ4n) is 1.67. The summed E-state index contributed by atoms with van der Waals surface area (Å²) in [5.41, 5.74) is 2.79. The molecule has 0 saturated heterocycles. The molecule has 0 aromatic carbocycles. The van der Waals surface area contributed by atoms with Crippen molar-refractivity contribution in [1.82, 2.24) is 5.32 Å². The van der Waals surface area contributed by atoms with Crippen LogP contribution in [0, 0.1) is 19.8 Å². The van der Waals surface area contributed by atoms with E-state index in [1.165, 1.54) is 20.9 Å². The molecule has 0 bridgehead atoms. The van der Waals surface area contributed by atoms with Crippen LogP contribution >= 0.6 is 11.3 Å². The third-order valence-corrected chi connectivity index (χ3v) is 3.42. The monoisotopic (exact) mass is 237 g/mol. The molecule has 0 aliphatic rings. The number of aryl methyl sites for hydroxylation is 2. The predicted molar refractivity (Wildman–Crippen MR) is 75.2 cm³/mol. The summed E-state index contributed by atoms with van der Waals surface area (Å²) in [6.07, 6.45) is 2.30. The maximum Gasteiger partial charge on any atom is 0.0165 e. The number of hydrogen-bond acceptors (Lipinski definition) is 2. The fourth-order valence-corrected chi connectivity index (χ4v) is 2.57. The Labute approximate surface area is 104 Å². The van der Waals surface area contributed by atoms with Crippen molar-refractivity contribution in [2.24, 2.45) is 5.92 Å². The van der Waals surface area contributed by atoms with Gasteiger partial charge in [0.1, 0.15) is 0 Å². The number of rotatable bonds is 5. The van der Waals surface area contributed by atoms with Gasteiger partial charge in [0.05, 0.1) is 0 Å². The molecule has 0 unspecified atom stereocenters. The lowest BCUT2D eigenvalue weighted by molar-refractivity contribution is 0.572. The van der Waals surface area contributed by atoms with E-state index in [-0.39, 0.29) is 0 Å². The van der Waals surface area contributed by atoms with Crippen molar-refractivity contribution >= 4 is 17.4 Å². The Balaban J connectivity index is 2.53. The Bertz CT molecular complexity index is 361. The summed E-state index contributed by atoms with van der Waals surface area (Å²) in [4.78, 5) is 2.81. The molecule has 0 fully saturated rings. The average molecular weight is 237 g/mol. The highest BCUT2D eigenvalue weighted by Crippen LogP contribution is 2.22. The van der Waals surface area contributed by atoms with Crippen LogP contribution < -0.4 is 5.32 Å². The summed E-state index contributed by atoms with van der Waals surface area (Å²) in [6.45, 7) is 13.1. The summed E-state index contributed by atoms with van der Waals surface area (Å²) >= 11 is 1.87. The lowest BCUT2D eigenvalue weighted by Gasteiger charge is -2.07. The van der Waals surface area contributed by atoms with Crippen LogP contribution in [0.4, 0.5) is 0 Å². The maximum atomic E-state index is 3.47. The van der Waals surface area contributed by atoms with Gasteiger partial charge in [0, 0.05) is 16.3 Å². The highest BCUT2D eigenvalue weighted by molar-refractivity contribution is 7.12. The quantitative estimate of drug-likeness (QED) is 0.816. The normalized spacial score (nSPS) is 12.5. The van der Waals surface area contributed by atoms with Crippen molar-refractivity contribution in [2.75, 3.05) is 13.1 Å². The SMILES string of the molecule is CC(=Cc1cc(C)sc1C)CNCC(C)C. The van der Waals surface area contributed by atoms with E-state index < -0.39 is 0 Å². The number of thiophene rings is 1. The largest absolute Gasteiger partial charge is 0.313 e. The van der Waals surface area contributed by atoms with Crippen molar-refractivity contribution in [3.63, 3.8) is 0 Å². The highest BCUT2D eigenvalue weighted by atomic mass is 32.1. The van der Waals surface area contributed by atoms with Gasteiger partial charge in [-0.2, -0.15) is 0 Å². The molecule has 0 radical (unpaired) electrons. The maximum absolute atomic E-state index is 3.47. The molecule has 0 saturated carbocycles. The van der Waals surface area contributed by atoms with Crippen molar-refractivity contribution in [2.45, 2.75) is 34.6 Å². The van der Waals surface area contributed by atoms with E-state index in [2.05, 4.69) is 52.1 Å². The molecule has 1 heterocycles. The molecule has 1 rings (SSSR count). The van der Waals surface area contributed by atoms with E-state index in [0.717, 1.165) is 19.0 Å². The van der Waals surface area contributed by atoms with Crippen LogP contribution in [0.25, 0.3) is 6.08 Å². The van der Waals surface area contributed by atoms with E-state index in [4.69, 9.17) is 0 Å². The Hall–Kier alpha value is -0.600. The Morgan fingerprint density at radius 3 is 2.62 bits per heavy atom. The molecule has 1 aromatic heterocycles. The zero-order chi connectivity index (χ0) is 12.1. The molecule has 1 aromatic rings. The third-order valence-electron chi connectivity index (χ3n) is 2.44. The molecule has 16 heavy (non-hydrogen) atoms. The molecule has 0 aliphatic carbocycles. The molecule has 2 heteroatoms. The average Bonchev–Trinajstić information content (AvgIpc) is 2.44. The minimum atomic E-state index is 0.720. The minimum Gasteiger partial charge on any atom is -0.313 e. The standard InChI is InChI=1S/C14H23NS/c1-10(2)8-15-9-11(3)6-14-7-12(4)16-13(14)5/h6-7,10,15H,8-9H2,1-5H3. The van der Waals surface area contributed by atoms with Gasteiger partial charge in [-0.3, -0.25) is 0 Å². The van der Waals surface area contributed by atoms with E-state index in [1.54, 1.807) is 0 Å². The fraction of sp³-hybridized carbons (Fsp3) is 0.571. The van der Waals surface area contributed by atoms with Gasteiger partial charge in [0.15, 0.2) is 0 Å². The van der Waals surface area contributed by atoms with Gasteiger partial charge in [0.25, 0.3) is 0 Å². The van der Waals surface area contributed by atoms with Gasteiger partial charge < -0.3 is 5.32 Å². The molecule has 1 N–H and O–H groups in total. The first-order valence-corrected chi connectivity index (χ1v) is 6.75. The summed E-state index contributed by atoms with van der Waals surface area (Å²) in [5.74, 6) is 0.720. The molecular weight excluding hydrogens is 214 g/mol. The van der Waals surface area contributed by atoms with Crippen LogP contribution in [0.5, 0.6) is 0 Å². The van der Waals surface area contributed by atoms with Gasteiger partial charge in [-0.25, -0.2) is 0 Å². The second-order valence-corrected chi connectivity index (χ2v) is 6.34. The summed E-state index contributed by atoms with van der Waals surface area (Å²) in [5, 5.41) is 3.47. The van der Waals surface area contributed by atoms with Gasteiger partial charge in [-0.1, -0.05) is 25.5 Å². The van der Waals surface area contributed by atoms with E-state index >= 15 is 0 Å². The van der Waals surface area contributed by atoms with Crippen LogP contribution in [0.2, 0.25) is 0 Å². The Kier molecular flexibility index (Phi) is 5.23. The molecule has 0 aliphatic heterocycles. The predicted octanol–water partition coefficient (Wildman–Crippen LogP) is 4.01. The second-order valence-electron chi connectivity index (χ2n) is 4.88. The zero-order valence-corrected chi connectivity index (χ0v) is 11.9. The van der Waals surface area contributed by atoms with Crippen LogP contribution in [0.15, 0.2) is 11.6 Å². The van der Waals surface area contributed by atoms with Crippen LogP contribution in [0.1, 0.15) is 36.1 Å². The molecular formula is C14H23NS. The van der Waals surface area contributed by atoms with Crippen LogP contribution in [0.3, 0.4) is 0 Å². The number of hydrogen-bond donors (Lipinski definition) is 1. The topological polar surface area (TPSA) is 12.0 Å². The first kappa shape index (κ1) is 13.5. The van der Waals surface area contributed by atoms with Crippen LogP contribution in [-0.4, -0.2) is 13.1 Å². The van der Waals surface area contributed by atoms with Crippen molar-refractivity contribution in [3.8, 4) is 0 Å². The zero-order valence-electron chi connectivity index (χ0n) is 11.1. The van der Waals surface area contributed by atoms with Crippen LogP contribution in [-0.2, 0) is 0 Å². The van der Waals surface area contributed by atoms with Crippen molar-refractivity contribution < 1.29 is 0 Å². The minimum absolute atomic E-state index is 0.720. The molecule has 1 nitrogen and oxygen atoms in total. The molecule has 90 valence electrons. The second kappa shape index (κ2) is 6.21. The number of nitrogens with one attached hydrogen (secondary N) is 1. The molecule has 0 amide bonds. The van der Waals surface area contributed by atoms with Gasteiger partial charge in [-0.15, -0.1) is 11.3 Å². The smallest absolute Gasteiger partial charge is 0.0165 e. The first-order chi connectivity index (χ1) is 7.49. The lowest BCUT2D eigenvalue weighted by Crippen LogP contribution is -2.21. The van der Waals surface area contributed by atoms with Crippen molar-refractivity contribution in [3.05, 3.63) is 27.0 Å². The Morgan fingerprint density at radius 1 is 1.44 bits per heavy atom. The summed E-state index contributed by atoms with van der Waals surface area (Å²) < 4.78 is 0. The Morgan fingerprint density at radius 2 is 2.12 bits per heavy atom. The van der Waals surface area contributed by atoms with E-state index in [0.29, 0.717) is 0 Å².